The molecule has 2 nitrogen and oxygen atoms in total. The van der Waals surface area contributed by atoms with E-state index in [2.05, 4.69) is 4.98 Å². The molecule has 0 N–H and O–H groups in total. The van der Waals surface area contributed by atoms with Gasteiger partial charge in [0.2, 0.25) is 0 Å². The number of anilines is 1. The number of rotatable bonds is 1. The molecule has 1 aliphatic rings. The van der Waals surface area contributed by atoms with Crippen LogP contribution in [0.2, 0.25) is 0 Å². The minimum absolute atomic E-state index is 0.412. The zero-order valence-corrected chi connectivity index (χ0v) is 8.61. The number of pyridine rings is 1. The van der Waals surface area contributed by atoms with Crippen molar-refractivity contribution < 1.29 is 13.2 Å². The highest BCUT2D eigenvalue weighted by molar-refractivity contribution is 7.99. The molecule has 0 spiro atoms. The molecule has 15 heavy (non-hydrogen) atoms. The molecule has 0 radical (unpaired) electrons. The van der Waals surface area contributed by atoms with E-state index in [0.717, 1.165) is 18.4 Å². The Morgan fingerprint density at radius 1 is 1.33 bits per heavy atom. The summed E-state index contributed by atoms with van der Waals surface area (Å²) in [6, 6.07) is 4.00. The van der Waals surface area contributed by atoms with E-state index >= 15 is 0 Å². The van der Waals surface area contributed by atoms with E-state index in [1.165, 1.54) is 6.07 Å². The van der Waals surface area contributed by atoms with Crippen molar-refractivity contribution in [1.82, 2.24) is 4.98 Å². The molecule has 6 heteroatoms. The lowest BCUT2D eigenvalue weighted by Crippen LogP contribution is -2.20. The van der Waals surface area contributed by atoms with Crippen LogP contribution in [-0.2, 0) is 6.18 Å². The lowest BCUT2D eigenvalue weighted by molar-refractivity contribution is -0.141. The van der Waals surface area contributed by atoms with Crippen molar-refractivity contribution in [2.24, 2.45) is 0 Å². The van der Waals surface area contributed by atoms with Gasteiger partial charge < -0.3 is 4.90 Å². The molecule has 0 unspecified atom stereocenters. The van der Waals surface area contributed by atoms with Crippen LogP contribution in [0.15, 0.2) is 18.2 Å². The lowest BCUT2D eigenvalue weighted by atomic mass is 10.3. The molecule has 2 rings (SSSR count). The zero-order valence-electron chi connectivity index (χ0n) is 7.79. The minimum atomic E-state index is -4.36. The van der Waals surface area contributed by atoms with Crippen molar-refractivity contribution in [3.8, 4) is 0 Å². The number of aromatic nitrogens is 1. The first kappa shape index (κ1) is 10.6. The van der Waals surface area contributed by atoms with E-state index in [-0.39, 0.29) is 0 Å². The monoisotopic (exact) mass is 234 g/mol. The molecular formula is C9H9F3N2S. The highest BCUT2D eigenvalue weighted by Crippen LogP contribution is 2.29. The average Bonchev–Trinajstić information content (AvgIpc) is 2.69. The maximum Gasteiger partial charge on any atom is 0.433 e. The highest BCUT2D eigenvalue weighted by Gasteiger charge is 2.33. The number of hydrogen-bond acceptors (Lipinski definition) is 3. The van der Waals surface area contributed by atoms with Gasteiger partial charge >= 0.3 is 6.18 Å². The fraction of sp³-hybridized carbons (Fsp3) is 0.444. The van der Waals surface area contributed by atoms with Crippen molar-refractivity contribution in [3.05, 3.63) is 23.9 Å². The van der Waals surface area contributed by atoms with Crippen LogP contribution in [0, 0.1) is 0 Å². The molecule has 0 bridgehead atoms. The average molecular weight is 234 g/mol. The van der Waals surface area contributed by atoms with E-state index in [1.54, 1.807) is 17.8 Å². The molecule has 1 aromatic rings. The number of nitrogens with zero attached hydrogens (tertiary/aromatic N) is 2. The highest BCUT2D eigenvalue weighted by atomic mass is 32.2. The predicted octanol–water partition coefficient (Wildman–Crippen LogP) is 2.61. The third-order valence-corrected chi connectivity index (χ3v) is 3.07. The largest absolute Gasteiger partial charge is 0.433 e. The Morgan fingerprint density at radius 2 is 2.13 bits per heavy atom. The molecule has 1 aliphatic heterocycles. The topological polar surface area (TPSA) is 16.1 Å². The zero-order chi connectivity index (χ0) is 10.9. The summed E-state index contributed by atoms with van der Waals surface area (Å²) in [5.74, 6) is 2.07. The maximum absolute atomic E-state index is 12.4. The summed E-state index contributed by atoms with van der Waals surface area (Å²) in [5.41, 5.74) is -0.822. The summed E-state index contributed by atoms with van der Waals surface area (Å²) in [4.78, 5) is 5.46. The van der Waals surface area contributed by atoms with Crippen LogP contribution < -0.4 is 4.90 Å². The van der Waals surface area contributed by atoms with Crippen molar-refractivity contribution in [1.29, 1.82) is 0 Å². The van der Waals surface area contributed by atoms with Gasteiger partial charge in [-0.2, -0.15) is 13.2 Å². The molecule has 0 aliphatic carbocycles. The van der Waals surface area contributed by atoms with Gasteiger partial charge in [0.05, 0.1) is 5.88 Å². The smallest absolute Gasteiger partial charge is 0.347 e. The Morgan fingerprint density at radius 3 is 2.73 bits per heavy atom. The summed E-state index contributed by atoms with van der Waals surface area (Å²) in [5, 5.41) is 0. The minimum Gasteiger partial charge on any atom is -0.347 e. The second-order valence-electron chi connectivity index (χ2n) is 3.18. The molecule has 1 saturated heterocycles. The quantitative estimate of drug-likeness (QED) is 0.743. The van der Waals surface area contributed by atoms with Crippen molar-refractivity contribution >= 4 is 17.6 Å². The van der Waals surface area contributed by atoms with Crippen molar-refractivity contribution in [2.45, 2.75) is 6.18 Å². The van der Waals surface area contributed by atoms with E-state index in [0.29, 0.717) is 11.7 Å². The number of thioether (sulfide) groups is 1. The third kappa shape index (κ3) is 2.37. The van der Waals surface area contributed by atoms with Gasteiger partial charge in [-0.05, 0) is 12.1 Å². The van der Waals surface area contributed by atoms with E-state index in [9.17, 15) is 13.2 Å². The van der Waals surface area contributed by atoms with Crippen LogP contribution in [0.1, 0.15) is 5.69 Å². The van der Waals surface area contributed by atoms with Crippen LogP contribution in [0.25, 0.3) is 0 Å². The van der Waals surface area contributed by atoms with Crippen LogP contribution in [0.5, 0.6) is 0 Å². The Bertz CT molecular complexity index is 347. The molecule has 0 saturated carbocycles. The van der Waals surface area contributed by atoms with Crippen molar-refractivity contribution in [3.63, 3.8) is 0 Å². The number of hydrogen-bond donors (Lipinski definition) is 0. The molecule has 0 aromatic carbocycles. The van der Waals surface area contributed by atoms with E-state index in [4.69, 9.17) is 0 Å². The van der Waals surface area contributed by atoms with E-state index < -0.39 is 11.9 Å². The molecule has 1 fully saturated rings. The first-order chi connectivity index (χ1) is 7.07. The van der Waals surface area contributed by atoms with Gasteiger partial charge in [0.1, 0.15) is 11.5 Å². The molecule has 82 valence electrons. The van der Waals surface area contributed by atoms with Crippen LogP contribution in [0.4, 0.5) is 19.0 Å². The van der Waals surface area contributed by atoms with Gasteiger partial charge in [-0.1, -0.05) is 6.07 Å². The van der Waals surface area contributed by atoms with Gasteiger partial charge in [0.15, 0.2) is 0 Å². The van der Waals surface area contributed by atoms with E-state index in [1.807, 2.05) is 4.90 Å². The normalized spacial score (nSPS) is 17.1. The van der Waals surface area contributed by atoms with Gasteiger partial charge in [-0.3, -0.25) is 0 Å². The summed E-state index contributed by atoms with van der Waals surface area (Å²) in [6.07, 6.45) is -4.36. The van der Waals surface area contributed by atoms with Gasteiger partial charge in [-0.25, -0.2) is 4.98 Å². The SMILES string of the molecule is FC(F)(F)c1cccc(N2CCSC2)n1. The first-order valence-electron chi connectivity index (χ1n) is 4.44. The standard InChI is InChI=1S/C9H9F3N2S/c10-9(11,12)7-2-1-3-8(13-7)14-4-5-15-6-14/h1-3H,4-6H2. The Balaban J connectivity index is 2.26. The Kier molecular flexibility index (Phi) is 2.77. The van der Waals surface area contributed by atoms with Gasteiger partial charge in [0, 0.05) is 12.3 Å². The Labute approximate surface area is 89.5 Å². The molecule has 1 aromatic heterocycles. The van der Waals surface area contributed by atoms with Gasteiger partial charge in [-0.15, -0.1) is 11.8 Å². The predicted molar refractivity (Wildman–Crippen MR) is 53.9 cm³/mol. The fourth-order valence-corrected chi connectivity index (χ4v) is 2.31. The maximum atomic E-state index is 12.4. The number of alkyl halides is 3. The second kappa shape index (κ2) is 3.92. The third-order valence-electron chi connectivity index (χ3n) is 2.10. The first-order valence-corrected chi connectivity index (χ1v) is 5.60. The number of halogens is 3. The van der Waals surface area contributed by atoms with Gasteiger partial charge in [0.25, 0.3) is 0 Å². The molecular weight excluding hydrogens is 225 g/mol. The molecule has 0 amide bonds. The van der Waals surface area contributed by atoms with Crippen LogP contribution >= 0.6 is 11.8 Å². The summed E-state index contributed by atoms with van der Waals surface area (Å²) >= 11 is 1.70. The second-order valence-corrected chi connectivity index (χ2v) is 4.25. The Hall–Kier alpha value is -0.910. The van der Waals surface area contributed by atoms with Crippen LogP contribution in [-0.4, -0.2) is 23.2 Å². The summed E-state index contributed by atoms with van der Waals surface area (Å²) in [7, 11) is 0. The molecule has 0 atom stereocenters. The summed E-state index contributed by atoms with van der Waals surface area (Å²) in [6.45, 7) is 0.763. The van der Waals surface area contributed by atoms with Crippen molar-refractivity contribution in [2.75, 3.05) is 23.1 Å². The summed E-state index contributed by atoms with van der Waals surface area (Å²) < 4.78 is 37.1. The lowest BCUT2D eigenvalue weighted by Gasteiger charge is -2.16. The molecule has 2 heterocycles. The fourth-order valence-electron chi connectivity index (χ4n) is 1.35. The van der Waals surface area contributed by atoms with Crippen LogP contribution in [0.3, 0.4) is 0 Å².